The number of aromatic nitrogens is 2. The van der Waals surface area contributed by atoms with Gasteiger partial charge in [-0.1, -0.05) is 48.5 Å². The highest BCUT2D eigenvalue weighted by Gasteiger charge is 2.17. The Morgan fingerprint density at radius 2 is 1.69 bits per heavy atom. The largest absolute Gasteiger partial charge is 0.352 e. The SMILES string of the molecule is CCCNC(=O)c1ccc2c(=O)n(-c3ccc(F)cc3)c(SCC(=O)c3ccc(C)cc3)nc2c1. The molecule has 6 nitrogen and oxygen atoms in total. The monoisotopic (exact) mass is 489 g/mol. The van der Waals surface area contributed by atoms with Crippen LogP contribution in [0.25, 0.3) is 16.6 Å². The van der Waals surface area contributed by atoms with E-state index in [4.69, 9.17) is 0 Å². The van der Waals surface area contributed by atoms with Crippen LogP contribution < -0.4 is 10.9 Å². The van der Waals surface area contributed by atoms with Crippen LogP contribution in [0.15, 0.2) is 76.7 Å². The van der Waals surface area contributed by atoms with E-state index in [0.717, 1.165) is 23.7 Å². The van der Waals surface area contributed by atoms with E-state index in [1.807, 2.05) is 26.0 Å². The third-order valence-corrected chi connectivity index (χ3v) is 6.37. The maximum Gasteiger partial charge on any atom is 0.266 e. The number of aryl methyl sites for hydroxylation is 1. The molecule has 0 radical (unpaired) electrons. The normalized spacial score (nSPS) is 10.9. The van der Waals surface area contributed by atoms with Crippen molar-refractivity contribution >= 4 is 34.4 Å². The summed E-state index contributed by atoms with van der Waals surface area (Å²) < 4.78 is 14.9. The molecular weight excluding hydrogens is 465 g/mol. The van der Waals surface area contributed by atoms with Crippen LogP contribution in [0, 0.1) is 12.7 Å². The number of carbonyl (C=O) groups excluding carboxylic acids is 2. The molecule has 0 spiro atoms. The van der Waals surface area contributed by atoms with Crippen LogP contribution in [0.1, 0.15) is 39.6 Å². The molecular formula is C27H24FN3O3S. The van der Waals surface area contributed by atoms with Gasteiger partial charge in [0.1, 0.15) is 5.82 Å². The maximum atomic E-state index is 13.5. The predicted octanol–water partition coefficient (Wildman–Crippen LogP) is 4.95. The lowest BCUT2D eigenvalue weighted by atomic mass is 10.1. The standard InChI is InChI=1S/C27H24FN3O3S/c1-3-14-29-25(33)19-8-13-22-23(15-19)30-27(31(26(22)34)21-11-9-20(28)10-12-21)35-16-24(32)18-6-4-17(2)5-7-18/h4-13,15H,3,14,16H2,1-2H3,(H,29,33). The van der Waals surface area contributed by atoms with E-state index in [2.05, 4.69) is 10.3 Å². The number of nitrogens with one attached hydrogen (secondary N) is 1. The Kier molecular flexibility index (Phi) is 7.41. The quantitative estimate of drug-likeness (QED) is 0.215. The van der Waals surface area contributed by atoms with Gasteiger partial charge in [-0.05, 0) is 55.8 Å². The number of amides is 1. The summed E-state index contributed by atoms with van der Waals surface area (Å²) in [6.45, 7) is 4.44. The molecule has 0 bridgehead atoms. The van der Waals surface area contributed by atoms with Crippen LogP contribution in [0.2, 0.25) is 0 Å². The van der Waals surface area contributed by atoms with E-state index in [1.165, 1.54) is 28.8 Å². The second kappa shape index (κ2) is 10.7. The Morgan fingerprint density at radius 3 is 2.37 bits per heavy atom. The van der Waals surface area contributed by atoms with Gasteiger partial charge in [0.05, 0.1) is 22.3 Å². The van der Waals surface area contributed by atoms with E-state index in [1.54, 1.807) is 30.3 Å². The lowest BCUT2D eigenvalue weighted by molar-refractivity contribution is 0.0952. The molecule has 35 heavy (non-hydrogen) atoms. The summed E-state index contributed by atoms with van der Waals surface area (Å²) in [5.41, 5.74) is 2.42. The Morgan fingerprint density at radius 1 is 1.00 bits per heavy atom. The highest BCUT2D eigenvalue weighted by Crippen LogP contribution is 2.23. The summed E-state index contributed by atoms with van der Waals surface area (Å²) >= 11 is 1.12. The zero-order valence-electron chi connectivity index (χ0n) is 19.4. The van der Waals surface area contributed by atoms with Gasteiger partial charge in [0.2, 0.25) is 0 Å². The molecule has 3 aromatic carbocycles. The van der Waals surface area contributed by atoms with Crippen LogP contribution in [0.5, 0.6) is 0 Å². The van der Waals surface area contributed by atoms with Crippen molar-refractivity contribution in [1.29, 1.82) is 0 Å². The van der Waals surface area contributed by atoms with Crippen molar-refractivity contribution in [3.05, 3.63) is 99.6 Å². The first-order chi connectivity index (χ1) is 16.9. The molecule has 0 aliphatic rings. The second-order valence-corrected chi connectivity index (χ2v) is 9.02. The number of rotatable bonds is 8. The number of benzene rings is 3. The van der Waals surface area contributed by atoms with E-state index >= 15 is 0 Å². The average molecular weight is 490 g/mol. The first-order valence-corrected chi connectivity index (χ1v) is 12.2. The van der Waals surface area contributed by atoms with E-state index < -0.39 is 5.82 Å². The van der Waals surface area contributed by atoms with Crippen molar-refractivity contribution in [1.82, 2.24) is 14.9 Å². The topological polar surface area (TPSA) is 81.1 Å². The number of ketones is 1. The van der Waals surface area contributed by atoms with Gasteiger partial charge in [0.15, 0.2) is 10.9 Å². The molecule has 178 valence electrons. The molecule has 0 saturated heterocycles. The number of fused-ring (bicyclic) bond motifs is 1. The highest BCUT2D eigenvalue weighted by molar-refractivity contribution is 7.99. The Labute approximate surface area is 206 Å². The third kappa shape index (κ3) is 5.49. The van der Waals surface area contributed by atoms with Crippen molar-refractivity contribution in [2.45, 2.75) is 25.4 Å². The molecule has 0 saturated carbocycles. The third-order valence-electron chi connectivity index (χ3n) is 5.43. The van der Waals surface area contributed by atoms with Crippen molar-refractivity contribution in [3.8, 4) is 5.69 Å². The number of Topliss-reactive ketones (excluding diaryl/α,β-unsaturated/α-hetero) is 1. The number of nitrogens with zero attached hydrogens (tertiary/aromatic N) is 2. The van der Waals surface area contributed by atoms with Crippen LogP contribution in [0.3, 0.4) is 0 Å². The van der Waals surface area contributed by atoms with Gasteiger partial charge in [-0.15, -0.1) is 0 Å². The molecule has 1 aromatic heterocycles. The van der Waals surface area contributed by atoms with Gasteiger partial charge >= 0.3 is 0 Å². The summed E-state index contributed by atoms with van der Waals surface area (Å²) in [5, 5.41) is 3.41. The molecule has 1 heterocycles. The molecule has 0 fully saturated rings. The van der Waals surface area contributed by atoms with E-state index in [-0.39, 0.29) is 28.2 Å². The fourth-order valence-corrected chi connectivity index (χ4v) is 4.42. The summed E-state index contributed by atoms with van der Waals surface area (Å²) in [6.07, 6.45) is 0.801. The number of halogens is 1. The fraction of sp³-hybridized carbons (Fsp3) is 0.185. The van der Waals surface area contributed by atoms with Crippen LogP contribution in [-0.4, -0.2) is 33.5 Å². The van der Waals surface area contributed by atoms with Crippen LogP contribution in [-0.2, 0) is 0 Å². The Bertz CT molecular complexity index is 1450. The van der Waals surface area contributed by atoms with Gasteiger partial charge < -0.3 is 5.32 Å². The Hall–Kier alpha value is -3.78. The van der Waals surface area contributed by atoms with Crippen LogP contribution >= 0.6 is 11.8 Å². The van der Waals surface area contributed by atoms with Crippen molar-refractivity contribution in [2.75, 3.05) is 12.3 Å². The molecule has 8 heteroatoms. The maximum absolute atomic E-state index is 13.5. The number of hydrogen-bond donors (Lipinski definition) is 1. The summed E-state index contributed by atoms with van der Waals surface area (Å²) in [7, 11) is 0. The number of thioether (sulfide) groups is 1. The lowest BCUT2D eigenvalue weighted by Crippen LogP contribution is -2.25. The minimum Gasteiger partial charge on any atom is -0.352 e. The van der Waals surface area contributed by atoms with Gasteiger partial charge in [-0.2, -0.15) is 0 Å². The molecule has 1 amide bonds. The molecule has 4 aromatic rings. The van der Waals surface area contributed by atoms with Gasteiger partial charge in [0.25, 0.3) is 11.5 Å². The first-order valence-electron chi connectivity index (χ1n) is 11.2. The lowest BCUT2D eigenvalue weighted by Gasteiger charge is -2.14. The minimum absolute atomic E-state index is 0.0544. The highest BCUT2D eigenvalue weighted by atomic mass is 32.2. The summed E-state index contributed by atoms with van der Waals surface area (Å²) in [4.78, 5) is 43.3. The molecule has 1 N–H and O–H groups in total. The fourth-order valence-electron chi connectivity index (χ4n) is 3.51. The zero-order chi connectivity index (χ0) is 24.9. The van der Waals surface area contributed by atoms with Gasteiger partial charge in [-0.25, -0.2) is 9.37 Å². The summed E-state index contributed by atoms with van der Waals surface area (Å²) in [5.74, 6) is -0.731. The van der Waals surface area contributed by atoms with Gasteiger partial charge in [-0.3, -0.25) is 19.0 Å². The Balaban J connectivity index is 1.76. The molecule has 0 atom stereocenters. The number of carbonyl (C=O) groups is 2. The molecule has 0 aliphatic heterocycles. The molecule has 0 aliphatic carbocycles. The van der Waals surface area contributed by atoms with E-state index in [9.17, 15) is 18.8 Å². The average Bonchev–Trinajstić information content (AvgIpc) is 2.86. The van der Waals surface area contributed by atoms with Crippen LogP contribution in [0.4, 0.5) is 4.39 Å². The first kappa shape index (κ1) is 24.3. The molecule has 0 unspecified atom stereocenters. The zero-order valence-corrected chi connectivity index (χ0v) is 20.2. The van der Waals surface area contributed by atoms with Gasteiger partial charge in [0, 0.05) is 17.7 Å². The van der Waals surface area contributed by atoms with Crippen molar-refractivity contribution < 1.29 is 14.0 Å². The molecule has 4 rings (SSSR count). The smallest absolute Gasteiger partial charge is 0.266 e. The summed E-state index contributed by atoms with van der Waals surface area (Å²) in [6, 6.07) is 17.5. The van der Waals surface area contributed by atoms with E-state index in [0.29, 0.717) is 34.3 Å². The van der Waals surface area contributed by atoms with Crippen molar-refractivity contribution in [2.24, 2.45) is 0 Å². The minimum atomic E-state index is -0.429. The number of hydrogen-bond acceptors (Lipinski definition) is 5. The van der Waals surface area contributed by atoms with Crippen molar-refractivity contribution in [3.63, 3.8) is 0 Å². The predicted molar refractivity (Wildman–Crippen MR) is 136 cm³/mol. The second-order valence-electron chi connectivity index (χ2n) is 8.08.